The van der Waals surface area contributed by atoms with Crippen molar-refractivity contribution < 1.29 is 19.3 Å². The highest BCUT2D eigenvalue weighted by molar-refractivity contribution is 6.04. The van der Waals surface area contributed by atoms with Gasteiger partial charge < -0.3 is 19.3 Å². The van der Waals surface area contributed by atoms with E-state index < -0.39 is 11.7 Å². The Morgan fingerprint density at radius 1 is 0.614 bits per heavy atom. The van der Waals surface area contributed by atoms with Gasteiger partial charge >= 0.3 is 0 Å². The summed E-state index contributed by atoms with van der Waals surface area (Å²) >= 11 is 0. The van der Waals surface area contributed by atoms with Gasteiger partial charge in [-0.2, -0.15) is 0 Å². The first-order chi connectivity index (χ1) is 21.6. The van der Waals surface area contributed by atoms with Crippen LogP contribution in [0.3, 0.4) is 0 Å². The van der Waals surface area contributed by atoms with Crippen LogP contribution in [0.2, 0.25) is 0 Å². The Kier molecular flexibility index (Phi) is 8.61. The molecule has 1 atom stereocenters. The number of ether oxygens (including phenoxy) is 3. The van der Waals surface area contributed by atoms with Crippen LogP contribution >= 0.6 is 0 Å². The lowest BCUT2D eigenvalue weighted by molar-refractivity contribution is -0.0363. The van der Waals surface area contributed by atoms with Crippen LogP contribution in [0.5, 0.6) is 11.5 Å². The highest BCUT2D eigenvalue weighted by atomic mass is 16.5. The van der Waals surface area contributed by atoms with Crippen molar-refractivity contribution >= 4 is 21.5 Å². The van der Waals surface area contributed by atoms with Crippen LogP contribution in [0.15, 0.2) is 133 Å². The van der Waals surface area contributed by atoms with Crippen LogP contribution in [-0.2, 0) is 10.3 Å². The van der Waals surface area contributed by atoms with Gasteiger partial charge in [0.2, 0.25) is 0 Å². The lowest BCUT2D eigenvalue weighted by atomic mass is 9.80. The van der Waals surface area contributed by atoms with Crippen LogP contribution in [0.25, 0.3) is 21.5 Å². The summed E-state index contributed by atoms with van der Waals surface area (Å²) in [6, 6.07) is 44.6. The third-order valence-electron chi connectivity index (χ3n) is 7.99. The van der Waals surface area contributed by atoms with Crippen molar-refractivity contribution in [3.63, 3.8) is 0 Å². The summed E-state index contributed by atoms with van der Waals surface area (Å²) in [6.07, 6.45) is -0.559. The number of rotatable bonds is 9. The van der Waals surface area contributed by atoms with E-state index in [1.54, 1.807) is 14.2 Å². The molecule has 0 amide bonds. The molecule has 0 saturated carbocycles. The van der Waals surface area contributed by atoms with E-state index >= 15 is 0 Å². The third-order valence-corrected chi connectivity index (χ3v) is 7.99. The molecule has 0 unspecified atom stereocenters. The van der Waals surface area contributed by atoms with Crippen LogP contribution in [0.1, 0.15) is 28.7 Å². The van der Waals surface area contributed by atoms with Gasteiger partial charge in [-0.3, -0.25) is 0 Å². The first-order valence-electron chi connectivity index (χ1n) is 14.7. The number of fused-ring (bicyclic) bond motifs is 2. The molecule has 218 valence electrons. The van der Waals surface area contributed by atoms with Gasteiger partial charge in [0.1, 0.15) is 17.1 Å². The molecule has 4 nitrogen and oxygen atoms in total. The fourth-order valence-electron chi connectivity index (χ4n) is 5.76. The normalized spacial score (nSPS) is 12.0. The molecule has 0 aliphatic rings. The Labute approximate surface area is 258 Å². The second kappa shape index (κ2) is 13.1. The molecular formula is C40H34O4. The standard InChI is InChI=1S/C40H34O4/c1-42-35-23-19-32(20-24-35)40(31-13-4-3-5-14-31,33-21-25-36(43-2)26-22-33)44-28-34(41)15-10-18-39-37-16-8-6-11-29(37)27-30-12-7-9-17-38(30)39/h3-9,11-14,16-17,19-27,34,41H,15,28H2,1-2H3/t34-/m0/s1. The number of aliphatic hydroxyl groups excluding tert-OH is 1. The molecule has 6 rings (SSSR count). The van der Waals surface area contributed by atoms with Crippen molar-refractivity contribution in [3.05, 3.63) is 156 Å². The zero-order valence-electron chi connectivity index (χ0n) is 24.9. The summed E-state index contributed by atoms with van der Waals surface area (Å²) in [5.41, 5.74) is 2.74. The molecule has 44 heavy (non-hydrogen) atoms. The lowest BCUT2D eigenvalue weighted by Gasteiger charge is -2.36. The molecule has 1 N–H and O–H groups in total. The second-order valence-corrected chi connectivity index (χ2v) is 10.7. The van der Waals surface area contributed by atoms with E-state index in [0.717, 1.165) is 55.3 Å². The van der Waals surface area contributed by atoms with Gasteiger partial charge in [0.25, 0.3) is 0 Å². The van der Waals surface area contributed by atoms with Crippen molar-refractivity contribution in [2.24, 2.45) is 0 Å². The molecular weight excluding hydrogens is 544 g/mol. The number of aliphatic hydroxyl groups is 1. The Bertz CT molecular complexity index is 1820. The van der Waals surface area contributed by atoms with E-state index in [-0.39, 0.29) is 13.0 Å². The summed E-state index contributed by atoms with van der Waals surface area (Å²) in [5, 5.41) is 15.8. The van der Waals surface area contributed by atoms with Gasteiger partial charge in [-0.05, 0) is 68.6 Å². The van der Waals surface area contributed by atoms with Gasteiger partial charge in [-0.15, -0.1) is 0 Å². The van der Waals surface area contributed by atoms with E-state index in [1.165, 1.54) is 0 Å². The quantitative estimate of drug-likeness (QED) is 0.107. The van der Waals surface area contributed by atoms with Gasteiger partial charge in [-0.25, -0.2) is 0 Å². The lowest BCUT2D eigenvalue weighted by Crippen LogP contribution is -2.35. The van der Waals surface area contributed by atoms with Gasteiger partial charge in [-0.1, -0.05) is 115 Å². The van der Waals surface area contributed by atoms with E-state index in [4.69, 9.17) is 14.2 Å². The average Bonchev–Trinajstić information content (AvgIpc) is 3.09. The fraction of sp³-hybridized carbons (Fsp3) is 0.150. The van der Waals surface area contributed by atoms with Crippen molar-refractivity contribution in [2.45, 2.75) is 18.1 Å². The number of hydrogen-bond acceptors (Lipinski definition) is 4. The van der Waals surface area contributed by atoms with Gasteiger partial charge in [0.05, 0.1) is 26.9 Å². The molecule has 4 heteroatoms. The van der Waals surface area contributed by atoms with E-state index in [2.05, 4.69) is 42.2 Å². The Morgan fingerprint density at radius 2 is 1.09 bits per heavy atom. The molecule has 0 aliphatic carbocycles. The zero-order chi connectivity index (χ0) is 30.4. The Morgan fingerprint density at radius 3 is 1.61 bits per heavy atom. The fourth-order valence-corrected chi connectivity index (χ4v) is 5.76. The Hall–Kier alpha value is -5.08. The van der Waals surface area contributed by atoms with Gasteiger partial charge in [0, 0.05) is 12.0 Å². The van der Waals surface area contributed by atoms with Crippen LogP contribution in [-0.4, -0.2) is 32.0 Å². The largest absolute Gasteiger partial charge is 0.497 e. The molecule has 0 spiro atoms. The minimum Gasteiger partial charge on any atom is -0.497 e. The van der Waals surface area contributed by atoms with Crippen molar-refractivity contribution in [2.75, 3.05) is 20.8 Å². The van der Waals surface area contributed by atoms with Gasteiger partial charge in [0.15, 0.2) is 0 Å². The van der Waals surface area contributed by atoms with E-state index in [0.29, 0.717) is 0 Å². The first kappa shape index (κ1) is 29.0. The maximum atomic E-state index is 11.3. The molecule has 0 aliphatic heterocycles. The molecule has 0 bridgehead atoms. The topological polar surface area (TPSA) is 47.9 Å². The highest BCUT2D eigenvalue weighted by Gasteiger charge is 2.38. The van der Waals surface area contributed by atoms with Crippen LogP contribution in [0, 0.1) is 11.8 Å². The molecule has 0 radical (unpaired) electrons. The molecule has 0 saturated heterocycles. The van der Waals surface area contributed by atoms with E-state index in [9.17, 15) is 5.11 Å². The molecule has 6 aromatic rings. The summed E-state index contributed by atoms with van der Waals surface area (Å²) in [5.74, 6) is 8.15. The van der Waals surface area contributed by atoms with Crippen molar-refractivity contribution in [3.8, 4) is 23.3 Å². The summed E-state index contributed by atoms with van der Waals surface area (Å²) in [4.78, 5) is 0. The summed E-state index contributed by atoms with van der Waals surface area (Å²) in [6.45, 7) is 0.0674. The van der Waals surface area contributed by atoms with Crippen LogP contribution in [0.4, 0.5) is 0 Å². The van der Waals surface area contributed by atoms with Crippen molar-refractivity contribution in [1.82, 2.24) is 0 Å². The minimum absolute atomic E-state index is 0.0674. The first-order valence-corrected chi connectivity index (χ1v) is 14.7. The SMILES string of the molecule is COc1ccc(C(OC[C@@H](O)CC#Cc2c3ccccc3cc3ccccc23)(c2ccccc2)c2ccc(OC)cc2)cc1. The van der Waals surface area contributed by atoms with E-state index in [1.807, 2.05) is 103 Å². The summed E-state index contributed by atoms with van der Waals surface area (Å²) < 4.78 is 17.7. The number of hydrogen-bond donors (Lipinski definition) is 1. The zero-order valence-corrected chi connectivity index (χ0v) is 24.9. The average molecular weight is 579 g/mol. The maximum absolute atomic E-state index is 11.3. The summed E-state index contributed by atoms with van der Waals surface area (Å²) in [7, 11) is 3.30. The molecule has 6 aromatic carbocycles. The second-order valence-electron chi connectivity index (χ2n) is 10.7. The Balaban J connectivity index is 1.34. The maximum Gasteiger partial charge on any atom is 0.143 e. The van der Waals surface area contributed by atoms with Crippen molar-refractivity contribution in [1.29, 1.82) is 0 Å². The minimum atomic E-state index is -1.000. The smallest absolute Gasteiger partial charge is 0.143 e. The third kappa shape index (κ3) is 5.76. The monoisotopic (exact) mass is 578 g/mol. The number of benzene rings is 6. The number of methoxy groups -OCH3 is 2. The van der Waals surface area contributed by atoms with Crippen LogP contribution < -0.4 is 9.47 Å². The molecule has 0 fully saturated rings. The highest BCUT2D eigenvalue weighted by Crippen LogP contribution is 2.42. The predicted octanol–water partition coefficient (Wildman–Crippen LogP) is 8.12. The predicted molar refractivity (Wildman–Crippen MR) is 177 cm³/mol. The molecule has 0 aromatic heterocycles. The molecule has 0 heterocycles.